The van der Waals surface area contributed by atoms with Gasteiger partial charge < -0.3 is 10.4 Å². The van der Waals surface area contributed by atoms with Crippen LogP contribution in [0.2, 0.25) is 0 Å². The third kappa shape index (κ3) is 6.07. The van der Waals surface area contributed by atoms with Crippen LogP contribution in [0, 0.1) is 11.7 Å². The maximum atomic E-state index is 14.4. The molecule has 4 aromatic rings. The van der Waals surface area contributed by atoms with Gasteiger partial charge in [0.15, 0.2) is 0 Å². The predicted molar refractivity (Wildman–Crippen MR) is 150 cm³/mol. The molecule has 2 amide bonds. The highest BCUT2D eigenvalue weighted by atomic mass is 32.1. The van der Waals surface area contributed by atoms with Crippen molar-refractivity contribution in [3.05, 3.63) is 88.1 Å². The van der Waals surface area contributed by atoms with Gasteiger partial charge in [0.2, 0.25) is 11.8 Å². The number of aryl methyl sites for hydroxylation is 1. The second kappa shape index (κ2) is 11.7. The first kappa shape index (κ1) is 27.1. The molecule has 8 nitrogen and oxygen atoms in total. The number of pyridine rings is 1. The van der Waals surface area contributed by atoms with Crippen LogP contribution in [0.15, 0.2) is 66.2 Å². The lowest BCUT2D eigenvalue weighted by molar-refractivity contribution is -0.141. The summed E-state index contributed by atoms with van der Waals surface area (Å²) in [6, 6.07) is 15.8. The van der Waals surface area contributed by atoms with Crippen molar-refractivity contribution in [1.82, 2.24) is 15.3 Å². The van der Waals surface area contributed by atoms with E-state index in [2.05, 4.69) is 15.3 Å². The smallest absolute Gasteiger partial charge is 0.304 e. The summed E-state index contributed by atoms with van der Waals surface area (Å²) in [5.74, 6) is -1.88. The van der Waals surface area contributed by atoms with Crippen molar-refractivity contribution in [2.24, 2.45) is 5.92 Å². The maximum Gasteiger partial charge on any atom is 0.304 e. The van der Waals surface area contributed by atoms with Crippen LogP contribution in [0.3, 0.4) is 0 Å². The van der Waals surface area contributed by atoms with Gasteiger partial charge in [0.25, 0.3) is 0 Å². The van der Waals surface area contributed by atoms with Gasteiger partial charge in [0, 0.05) is 36.2 Å². The summed E-state index contributed by atoms with van der Waals surface area (Å²) in [6.45, 7) is 0.125. The van der Waals surface area contributed by atoms with E-state index in [0.29, 0.717) is 41.3 Å². The van der Waals surface area contributed by atoms with Gasteiger partial charge in [-0.1, -0.05) is 36.4 Å². The van der Waals surface area contributed by atoms with Crippen molar-refractivity contribution in [1.29, 1.82) is 0 Å². The highest BCUT2D eigenvalue weighted by Crippen LogP contribution is 2.36. The zero-order valence-electron chi connectivity index (χ0n) is 21.8. The minimum absolute atomic E-state index is 0.0201. The zero-order chi connectivity index (χ0) is 28.2. The number of rotatable bonds is 9. The first-order valence-electron chi connectivity index (χ1n) is 12.8. The van der Waals surface area contributed by atoms with Gasteiger partial charge in [-0.3, -0.25) is 19.3 Å². The van der Waals surface area contributed by atoms with E-state index in [-0.39, 0.29) is 24.8 Å². The third-order valence-electron chi connectivity index (χ3n) is 6.89. The van der Waals surface area contributed by atoms with Crippen LogP contribution in [-0.4, -0.2) is 39.9 Å². The van der Waals surface area contributed by atoms with E-state index in [9.17, 15) is 23.9 Å². The highest BCUT2D eigenvalue weighted by Gasteiger charge is 2.24. The molecule has 1 aliphatic heterocycles. The summed E-state index contributed by atoms with van der Waals surface area (Å²) >= 11 is 1.32. The van der Waals surface area contributed by atoms with E-state index in [1.165, 1.54) is 23.5 Å². The van der Waals surface area contributed by atoms with Gasteiger partial charge >= 0.3 is 5.97 Å². The van der Waals surface area contributed by atoms with Gasteiger partial charge in [0.1, 0.15) is 16.6 Å². The first-order chi connectivity index (χ1) is 19.3. The average molecular weight is 559 g/mol. The number of anilines is 1. The Morgan fingerprint density at radius 1 is 1.12 bits per heavy atom. The summed E-state index contributed by atoms with van der Waals surface area (Å²) in [5, 5.41) is 14.5. The second-order valence-corrected chi connectivity index (χ2v) is 10.6. The second-order valence-electron chi connectivity index (χ2n) is 9.68. The Morgan fingerprint density at radius 2 is 1.93 bits per heavy atom. The van der Waals surface area contributed by atoms with Crippen LogP contribution in [0.4, 0.5) is 10.2 Å². The number of carbonyl (C=O) groups is 3. The number of aliphatic carboxylic acids is 1. The topological polar surface area (TPSA) is 112 Å². The molecule has 1 aliphatic rings. The molecule has 5 rings (SSSR count). The molecule has 10 heteroatoms. The molecule has 0 radical (unpaired) electrons. The fourth-order valence-corrected chi connectivity index (χ4v) is 5.57. The Bertz CT molecular complexity index is 1570. The molecule has 2 aromatic heterocycles. The normalized spacial score (nSPS) is 13.6. The Labute approximate surface area is 234 Å². The molecular formula is C30H27FN4O4S. The summed E-state index contributed by atoms with van der Waals surface area (Å²) < 4.78 is 14.4. The minimum atomic E-state index is -1.04. The molecule has 3 heterocycles. The predicted octanol–water partition coefficient (Wildman–Crippen LogP) is 4.87. The van der Waals surface area contributed by atoms with E-state index >= 15 is 0 Å². The molecule has 1 atom stereocenters. The Hall–Kier alpha value is -4.44. The molecular weight excluding hydrogens is 531 g/mol. The number of halogens is 1. The van der Waals surface area contributed by atoms with E-state index in [4.69, 9.17) is 0 Å². The van der Waals surface area contributed by atoms with E-state index < -0.39 is 17.7 Å². The molecule has 0 unspecified atom stereocenters. The lowest BCUT2D eigenvalue weighted by Crippen LogP contribution is -2.33. The number of nitrogens with zero attached hydrogens (tertiary/aromatic N) is 3. The monoisotopic (exact) mass is 558 g/mol. The number of fused-ring (bicyclic) bond motifs is 1. The van der Waals surface area contributed by atoms with Gasteiger partial charge in [-0.25, -0.2) is 14.4 Å². The van der Waals surface area contributed by atoms with Crippen LogP contribution >= 0.6 is 11.3 Å². The molecule has 204 valence electrons. The average Bonchev–Trinajstić information content (AvgIpc) is 3.42. The van der Waals surface area contributed by atoms with Crippen LogP contribution in [0.25, 0.3) is 22.4 Å². The van der Waals surface area contributed by atoms with Crippen molar-refractivity contribution >= 4 is 34.9 Å². The number of carbonyl (C=O) groups excluding carboxylic acids is 2. The Kier molecular flexibility index (Phi) is 7.97. The third-order valence-corrected chi connectivity index (χ3v) is 7.74. The summed E-state index contributed by atoms with van der Waals surface area (Å²) in [4.78, 5) is 47.0. The molecule has 2 aromatic carbocycles. The molecule has 0 saturated heterocycles. The SMILES string of the molecule is CN1C(=O)CCc2cc(-c3ccc(F)cc3-c3csc(CNC(=O)[C@@H](CC(=O)O)Cc4ccccc4)n3)cnc21. The number of carboxylic acids is 1. The number of amides is 2. The minimum Gasteiger partial charge on any atom is -0.481 e. The summed E-state index contributed by atoms with van der Waals surface area (Å²) in [7, 11) is 1.71. The Morgan fingerprint density at radius 3 is 2.70 bits per heavy atom. The van der Waals surface area contributed by atoms with Gasteiger partial charge in [-0.2, -0.15) is 0 Å². The van der Waals surface area contributed by atoms with E-state index in [1.807, 2.05) is 36.4 Å². The number of aromatic nitrogens is 2. The van der Waals surface area contributed by atoms with Crippen molar-refractivity contribution in [2.75, 3.05) is 11.9 Å². The van der Waals surface area contributed by atoms with Crippen molar-refractivity contribution in [3.63, 3.8) is 0 Å². The first-order valence-corrected chi connectivity index (χ1v) is 13.7. The standard InChI is InChI=1S/C30H27FN4O4S/c1-35-27(36)10-7-19-12-21(15-32-29(19)35)23-9-8-22(31)14-24(23)25-17-40-26(34-25)16-33-30(39)20(13-28(37)38)11-18-5-3-2-4-6-18/h2-6,8-9,12,14-15,17,20H,7,10-11,13,16H2,1H3,(H,33,39)(H,37,38)/t20-/m1/s1. The van der Waals surface area contributed by atoms with Crippen LogP contribution < -0.4 is 10.2 Å². The van der Waals surface area contributed by atoms with Gasteiger partial charge in [-0.15, -0.1) is 11.3 Å². The molecule has 2 N–H and O–H groups in total. The van der Waals surface area contributed by atoms with Gasteiger partial charge in [0.05, 0.1) is 24.6 Å². The quantitative estimate of drug-likeness (QED) is 0.303. The van der Waals surface area contributed by atoms with Crippen molar-refractivity contribution in [2.45, 2.75) is 32.2 Å². The van der Waals surface area contributed by atoms with Gasteiger partial charge in [-0.05, 0) is 47.7 Å². The molecule has 0 bridgehead atoms. The van der Waals surface area contributed by atoms with Crippen LogP contribution in [0.5, 0.6) is 0 Å². The number of carboxylic acid groups (broad SMARTS) is 1. The van der Waals surface area contributed by atoms with Crippen LogP contribution in [-0.2, 0) is 33.8 Å². The number of benzene rings is 2. The highest BCUT2D eigenvalue weighted by molar-refractivity contribution is 7.09. The molecule has 0 aliphatic carbocycles. The van der Waals surface area contributed by atoms with Crippen LogP contribution in [0.1, 0.15) is 29.0 Å². The fourth-order valence-electron chi connectivity index (χ4n) is 4.83. The molecule has 0 fully saturated rings. The fraction of sp³-hybridized carbons (Fsp3) is 0.233. The van der Waals surface area contributed by atoms with Crippen molar-refractivity contribution < 1.29 is 23.9 Å². The molecule has 0 spiro atoms. The lowest BCUT2D eigenvalue weighted by atomic mass is 9.95. The summed E-state index contributed by atoms with van der Waals surface area (Å²) in [5.41, 5.74) is 4.51. The lowest BCUT2D eigenvalue weighted by Gasteiger charge is -2.25. The summed E-state index contributed by atoms with van der Waals surface area (Å²) in [6.07, 6.45) is 2.70. The van der Waals surface area contributed by atoms with E-state index in [1.54, 1.807) is 29.6 Å². The number of nitrogens with one attached hydrogen (secondary N) is 1. The van der Waals surface area contributed by atoms with E-state index in [0.717, 1.165) is 22.3 Å². The largest absolute Gasteiger partial charge is 0.481 e. The molecule has 40 heavy (non-hydrogen) atoms. The number of hydrogen-bond acceptors (Lipinski definition) is 6. The Balaban J connectivity index is 1.34. The van der Waals surface area contributed by atoms with Crippen molar-refractivity contribution in [3.8, 4) is 22.4 Å². The molecule has 0 saturated carbocycles. The zero-order valence-corrected chi connectivity index (χ0v) is 22.6. The maximum absolute atomic E-state index is 14.4. The number of thiazole rings is 1. The number of hydrogen-bond donors (Lipinski definition) is 2.